The smallest absolute Gasteiger partial charge is 0.254 e. The van der Waals surface area contributed by atoms with Crippen LogP contribution in [0.2, 0.25) is 5.15 Å². The van der Waals surface area contributed by atoms with E-state index in [1.807, 2.05) is 29.2 Å². The Labute approximate surface area is 219 Å². The van der Waals surface area contributed by atoms with Crippen molar-refractivity contribution in [1.82, 2.24) is 9.88 Å². The third kappa shape index (κ3) is 6.86. The third-order valence-electron chi connectivity index (χ3n) is 6.21. The molecule has 0 saturated carbocycles. The second-order valence-corrected chi connectivity index (χ2v) is 9.04. The molecule has 1 aliphatic rings. The summed E-state index contributed by atoms with van der Waals surface area (Å²) >= 11 is 6.01. The first-order valence-electron chi connectivity index (χ1n) is 11.8. The van der Waals surface area contributed by atoms with Gasteiger partial charge in [-0.3, -0.25) is 9.59 Å². The van der Waals surface area contributed by atoms with Crippen LogP contribution in [-0.2, 0) is 4.79 Å². The van der Waals surface area contributed by atoms with Gasteiger partial charge in [-0.15, -0.1) is 0 Å². The van der Waals surface area contributed by atoms with Gasteiger partial charge in [0.25, 0.3) is 5.91 Å². The number of carbonyl (C=O) groups is 2. The first-order valence-corrected chi connectivity index (χ1v) is 12.2. The van der Waals surface area contributed by atoms with E-state index in [4.69, 9.17) is 21.1 Å². The monoisotopic (exact) mass is 523 g/mol. The van der Waals surface area contributed by atoms with Gasteiger partial charge in [0.15, 0.2) is 0 Å². The second kappa shape index (κ2) is 11.9. The summed E-state index contributed by atoms with van der Waals surface area (Å²) in [5.41, 5.74) is 2.80. The van der Waals surface area contributed by atoms with E-state index < -0.39 is 5.82 Å². The maximum Gasteiger partial charge on any atom is 0.254 e. The fourth-order valence-corrected chi connectivity index (χ4v) is 4.49. The number of piperidine rings is 1. The molecule has 4 rings (SSSR count). The van der Waals surface area contributed by atoms with Gasteiger partial charge in [0.1, 0.15) is 16.7 Å². The predicted octanol–water partition coefficient (Wildman–Crippen LogP) is 5.56. The lowest BCUT2D eigenvalue weighted by Gasteiger charge is -2.32. The molecule has 7 nitrogen and oxygen atoms in total. The lowest BCUT2D eigenvalue weighted by atomic mass is 9.89. The number of anilines is 1. The molecule has 3 aromatic rings. The van der Waals surface area contributed by atoms with Gasteiger partial charge in [-0.25, -0.2) is 9.37 Å². The summed E-state index contributed by atoms with van der Waals surface area (Å²) in [5.74, 6) is 0.148. The van der Waals surface area contributed by atoms with E-state index in [1.165, 1.54) is 38.5 Å². The molecule has 2 amide bonds. The van der Waals surface area contributed by atoms with Crippen LogP contribution in [0.3, 0.4) is 0 Å². The third-order valence-corrected chi connectivity index (χ3v) is 6.41. The zero-order valence-corrected chi connectivity index (χ0v) is 21.3. The highest BCUT2D eigenvalue weighted by Crippen LogP contribution is 2.30. The van der Waals surface area contributed by atoms with E-state index in [-0.39, 0.29) is 17.0 Å². The van der Waals surface area contributed by atoms with Crippen molar-refractivity contribution in [3.05, 3.63) is 88.3 Å². The highest BCUT2D eigenvalue weighted by molar-refractivity contribution is 6.29. The normalized spacial score (nSPS) is 14.0. The first-order chi connectivity index (χ1) is 17.8. The van der Waals surface area contributed by atoms with Gasteiger partial charge in [0, 0.05) is 42.5 Å². The van der Waals surface area contributed by atoms with Crippen LogP contribution in [0.4, 0.5) is 10.1 Å². The van der Waals surface area contributed by atoms with Crippen LogP contribution in [-0.4, -0.2) is 49.0 Å². The SMILES string of the molecule is COc1cc(F)cc(/C=C/C(=O)Nc2ccc(C3CCN(C(=O)c4cc(Cl)nc(OC)c4)CC3)cc2)c1. The van der Waals surface area contributed by atoms with E-state index in [2.05, 4.69) is 10.3 Å². The molecule has 0 radical (unpaired) electrons. The Hall–Kier alpha value is -3.91. The van der Waals surface area contributed by atoms with Crippen molar-refractivity contribution < 1.29 is 23.5 Å². The van der Waals surface area contributed by atoms with Crippen LogP contribution in [0.15, 0.2) is 60.7 Å². The van der Waals surface area contributed by atoms with Gasteiger partial charge in [-0.2, -0.15) is 0 Å². The van der Waals surface area contributed by atoms with Crippen molar-refractivity contribution in [1.29, 1.82) is 0 Å². The number of aromatic nitrogens is 1. The minimum absolute atomic E-state index is 0.0937. The highest BCUT2D eigenvalue weighted by Gasteiger charge is 2.25. The zero-order valence-electron chi connectivity index (χ0n) is 20.5. The zero-order chi connectivity index (χ0) is 26.4. The number of amides is 2. The largest absolute Gasteiger partial charge is 0.497 e. The molecule has 2 heterocycles. The Bertz CT molecular complexity index is 1310. The van der Waals surface area contributed by atoms with Gasteiger partial charge in [0.2, 0.25) is 11.8 Å². The molecule has 1 saturated heterocycles. The molecule has 0 unspecified atom stereocenters. The van der Waals surface area contributed by atoms with Gasteiger partial charge in [-0.05, 0) is 66.3 Å². The molecular formula is C28H27ClFN3O4. The summed E-state index contributed by atoms with van der Waals surface area (Å²) in [4.78, 5) is 31.1. The van der Waals surface area contributed by atoms with Gasteiger partial charge >= 0.3 is 0 Å². The highest BCUT2D eigenvalue weighted by atomic mass is 35.5. The lowest BCUT2D eigenvalue weighted by molar-refractivity contribution is -0.111. The van der Waals surface area contributed by atoms with Crippen LogP contribution in [0, 0.1) is 5.82 Å². The summed E-state index contributed by atoms with van der Waals surface area (Å²) in [5, 5.41) is 3.03. The summed E-state index contributed by atoms with van der Waals surface area (Å²) in [6, 6.07) is 15.1. The van der Waals surface area contributed by atoms with E-state index >= 15 is 0 Å². The number of ether oxygens (including phenoxy) is 2. The van der Waals surface area contributed by atoms with E-state index in [1.54, 1.807) is 18.2 Å². The molecule has 9 heteroatoms. The molecule has 0 spiro atoms. The standard InChI is InChI=1S/C28H27ClFN3O4/c1-36-24-14-18(13-22(30)17-24)3-8-26(34)31-23-6-4-19(5-7-23)20-9-11-33(12-10-20)28(35)21-15-25(29)32-27(16-21)37-2/h3-8,13-17,20H,9-12H2,1-2H3,(H,31,34)/b8-3+. The summed E-state index contributed by atoms with van der Waals surface area (Å²) in [6.45, 7) is 1.25. The van der Waals surface area contributed by atoms with E-state index in [9.17, 15) is 14.0 Å². The van der Waals surface area contributed by atoms with E-state index in [0.717, 1.165) is 18.4 Å². The summed E-state index contributed by atoms with van der Waals surface area (Å²) in [6.07, 6.45) is 4.53. The number of benzene rings is 2. The second-order valence-electron chi connectivity index (χ2n) is 8.66. The molecule has 0 bridgehead atoms. The maximum absolute atomic E-state index is 13.6. The van der Waals surface area contributed by atoms with Gasteiger partial charge in [0.05, 0.1) is 14.2 Å². The molecule has 1 aromatic heterocycles. The molecule has 192 valence electrons. The van der Waals surface area contributed by atoms with Crippen LogP contribution in [0.25, 0.3) is 6.08 Å². The van der Waals surface area contributed by atoms with Crippen molar-refractivity contribution in [2.24, 2.45) is 0 Å². The Morgan fingerprint density at radius 2 is 1.78 bits per heavy atom. The van der Waals surface area contributed by atoms with Crippen LogP contribution >= 0.6 is 11.6 Å². The minimum Gasteiger partial charge on any atom is -0.497 e. The molecule has 2 aromatic carbocycles. The van der Waals surface area contributed by atoms with Crippen molar-refractivity contribution in [2.45, 2.75) is 18.8 Å². The summed E-state index contributed by atoms with van der Waals surface area (Å²) in [7, 11) is 2.94. The van der Waals surface area contributed by atoms with Gasteiger partial charge in [-0.1, -0.05) is 23.7 Å². The topological polar surface area (TPSA) is 80.8 Å². The molecule has 37 heavy (non-hydrogen) atoms. The minimum atomic E-state index is -0.438. The number of nitrogens with zero attached hydrogens (tertiary/aromatic N) is 2. The van der Waals surface area contributed by atoms with Crippen molar-refractivity contribution in [2.75, 3.05) is 32.6 Å². The number of nitrogens with one attached hydrogen (secondary N) is 1. The van der Waals surface area contributed by atoms with E-state index in [0.29, 0.717) is 47.5 Å². The van der Waals surface area contributed by atoms with Crippen LogP contribution in [0.1, 0.15) is 40.2 Å². The fraction of sp³-hybridized carbons (Fsp3) is 0.250. The number of pyridine rings is 1. The van der Waals surface area contributed by atoms with Crippen LogP contribution < -0.4 is 14.8 Å². The van der Waals surface area contributed by atoms with Gasteiger partial charge < -0.3 is 19.7 Å². The number of carbonyl (C=O) groups excluding carboxylic acids is 2. The average molecular weight is 524 g/mol. The molecule has 0 aliphatic carbocycles. The number of likely N-dealkylation sites (tertiary alicyclic amines) is 1. The van der Waals surface area contributed by atoms with Crippen LogP contribution in [0.5, 0.6) is 11.6 Å². The number of halogens is 2. The molecule has 1 aliphatic heterocycles. The fourth-order valence-electron chi connectivity index (χ4n) is 4.29. The average Bonchev–Trinajstić information content (AvgIpc) is 2.91. The van der Waals surface area contributed by atoms with Crippen molar-refractivity contribution >= 4 is 35.2 Å². The Morgan fingerprint density at radius 1 is 1.05 bits per heavy atom. The maximum atomic E-state index is 13.6. The Morgan fingerprint density at radius 3 is 2.46 bits per heavy atom. The molecule has 0 atom stereocenters. The number of hydrogen-bond donors (Lipinski definition) is 1. The molecule has 1 fully saturated rings. The number of hydrogen-bond acceptors (Lipinski definition) is 5. The first kappa shape index (κ1) is 26.2. The lowest BCUT2D eigenvalue weighted by Crippen LogP contribution is -2.38. The predicted molar refractivity (Wildman–Crippen MR) is 141 cm³/mol. The van der Waals surface area contributed by atoms with Crippen molar-refractivity contribution in [3.63, 3.8) is 0 Å². The number of rotatable bonds is 7. The van der Waals surface area contributed by atoms with Crippen molar-refractivity contribution in [3.8, 4) is 11.6 Å². The molecular weight excluding hydrogens is 497 g/mol. The quantitative estimate of drug-likeness (QED) is 0.324. The summed E-state index contributed by atoms with van der Waals surface area (Å²) < 4.78 is 23.8. The number of methoxy groups -OCH3 is 2. The Balaban J connectivity index is 1.31. The Kier molecular flexibility index (Phi) is 8.40. The molecule has 1 N–H and O–H groups in total.